The summed E-state index contributed by atoms with van der Waals surface area (Å²) >= 11 is 0. The molecule has 9 aromatic carbocycles. The first-order chi connectivity index (χ1) is 24.8. The van der Waals surface area contributed by atoms with Crippen molar-refractivity contribution in [3.8, 4) is 33.6 Å². The molecule has 0 unspecified atom stereocenters. The van der Waals surface area contributed by atoms with Gasteiger partial charge in [-0.2, -0.15) is 0 Å². The molecule has 0 atom stereocenters. The fourth-order valence-corrected chi connectivity index (χ4v) is 8.57. The number of hydrogen-bond donors (Lipinski definition) is 0. The van der Waals surface area contributed by atoms with Gasteiger partial charge in [-0.1, -0.05) is 127 Å². The van der Waals surface area contributed by atoms with Crippen LogP contribution in [0.2, 0.25) is 0 Å². The lowest BCUT2D eigenvalue weighted by molar-refractivity contribution is 1.17. The van der Waals surface area contributed by atoms with Gasteiger partial charge >= 0.3 is 0 Å². The zero-order valence-electron chi connectivity index (χ0n) is 27.2. The van der Waals surface area contributed by atoms with Crippen LogP contribution < -0.4 is 0 Å². The van der Waals surface area contributed by atoms with Crippen LogP contribution in [-0.2, 0) is 0 Å². The van der Waals surface area contributed by atoms with Crippen LogP contribution in [0.3, 0.4) is 0 Å². The van der Waals surface area contributed by atoms with E-state index >= 15 is 0 Å². The molecule has 0 aliphatic carbocycles. The lowest BCUT2D eigenvalue weighted by Gasteiger charge is -2.14. The highest BCUT2D eigenvalue weighted by atomic mass is 15.0. The van der Waals surface area contributed by atoms with Crippen LogP contribution in [0.1, 0.15) is 0 Å². The molecule has 2 aromatic heterocycles. The van der Waals surface area contributed by atoms with E-state index < -0.39 is 0 Å². The molecule has 0 saturated carbocycles. The van der Waals surface area contributed by atoms with E-state index in [1.807, 2.05) is 0 Å². The Balaban J connectivity index is 1.37. The first-order valence-electron chi connectivity index (χ1n) is 17.3. The summed E-state index contributed by atoms with van der Waals surface area (Å²) in [5.74, 6) is 0. The van der Waals surface area contributed by atoms with E-state index in [1.54, 1.807) is 0 Å². The van der Waals surface area contributed by atoms with Crippen molar-refractivity contribution >= 4 is 65.2 Å². The van der Waals surface area contributed by atoms with Crippen LogP contribution in [-0.4, -0.2) is 9.13 Å². The molecular weight excluding hydrogens is 605 g/mol. The maximum Gasteiger partial charge on any atom is 0.0549 e. The Hall–Kier alpha value is -6.64. The highest BCUT2D eigenvalue weighted by molar-refractivity contribution is 6.39. The number of para-hydroxylation sites is 1. The third-order valence-corrected chi connectivity index (χ3v) is 10.6. The minimum absolute atomic E-state index is 1.15. The minimum Gasteiger partial charge on any atom is -0.309 e. The quantitative estimate of drug-likeness (QED) is 0.182. The molecule has 0 aliphatic rings. The molecule has 11 rings (SSSR count). The summed E-state index contributed by atoms with van der Waals surface area (Å²) in [6, 6.07) is 66.7. The van der Waals surface area contributed by atoms with Gasteiger partial charge in [0.05, 0.1) is 22.1 Å². The van der Waals surface area contributed by atoms with Crippen molar-refractivity contribution in [3.05, 3.63) is 182 Å². The molecular formula is C48H30N2. The lowest BCUT2D eigenvalue weighted by atomic mass is 9.95. The van der Waals surface area contributed by atoms with Crippen molar-refractivity contribution in [3.63, 3.8) is 0 Å². The smallest absolute Gasteiger partial charge is 0.0549 e. The molecule has 232 valence electrons. The molecule has 0 saturated heterocycles. The third kappa shape index (κ3) is 3.79. The summed E-state index contributed by atoms with van der Waals surface area (Å²) in [4.78, 5) is 0. The van der Waals surface area contributed by atoms with E-state index in [0.717, 1.165) is 5.69 Å². The predicted octanol–water partition coefficient (Wildman–Crippen LogP) is 13.0. The Bertz CT molecular complexity index is 3000. The maximum absolute atomic E-state index is 2.51. The number of hydrogen-bond acceptors (Lipinski definition) is 0. The van der Waals surface area contributed by atoms with Gasteiger partial charge in [-0.15, -0.1) is 0 Å². The normalized spacial score (nSPS) is 12.0. The van der Waals surface area contributed by atoms with Crippen molar-refractivity contribution < 1.29 is 0 Å². The van der Waals surface area contributed by atoms with Gasteiger partial charge < -0.3 is 9.13 Å². The number of aromatic nitrogens is 2. The van der Waals surface area contributed by atoms with Crippen molar-refractivity contribution in [2.75, 3.05) is 0 Å². The van der Waals surface area contributed by atoms with E-state index in [2.05, 4.69) is 191 Å². The third-order valence-electron chi connectivity index (χ3n) is 10.6. The van der Waals surface area contributed by atoms with Gasteiger partial charge in [-0.25, -0.2) is 0 Å². The van der Waals surface area contributed by atoms with Crippen molar-refractivity contribution in [2.24, 2.45) is 0 Å². The molecule has 0 N–H and O–H groups in total. The van der Waals surface area contributed by atoms with E-state index in [4.69, 9.17) is 0 Å². The van der Waals surface area contributed by atoms with Crippen LogP contribution in [0, 0.1) is 0 Å². The molecule has 0 bridgehead atoms. The fourth-order valence-electron chi connectivity index (χ4n) is 8.57. The van der Waals surface area contributed by atoms with Crippen LogP contribution in [0.15, 0.2) is 182 Å². The molecule has 0 amide bonds. The van der Waals surface area contributed by atoms with Crippen LogP contribution in [0.5, 0.6) is 0 Å². The molecule has 2 heteroatoms. The van der Waals surface area contributed by atoms with Gasteiger partial charge in [-0.05, 0) is 98.4 Å². The molecule has 50 heavy (non-hydrogen) atoms. The Kier molecular flexibility index (Phi) is 5.70. The second kappa shape index (κ2) is 10.4. The lowest BCUT2D eigenvalue weighted by Crippen LogP contribution is -1.96. The summed E-state index contributed by atoms with van der Waals surface area (Å²) in [7, 11) is 0. The molecule has 0 fully saturated rings. The average molecular weight is 635 g/mol. The Labute approximate surface area is 289 Å². The van der Waals surface area contributed by atoms with Gasteiger partial charge in [0.15, 0.2) is 0 Å². The second-order valence-electron chi connectivity index (χ2n) is 13.3. The number of fused-ring (bicyclic) bond motifs is 3. The SMILES string of the molecule is c1ccc(-c2cc(-c3ccccc3)cc(-n3c4cccc5c6ccccc6c6cccc7c6c6c(c54)c3ccc6n7-c3ccccc3)c2)cc1. The van der Waals surface area contributed by atoms with Crippen LogP contribution >= 0.6 is 0 Å². The molecule has 0 radical (unpaired) electrons. The summed E-state index contributed by atoms with van der Waals surface area (Å²) < 4.78 is 4.96. The maximum atomic E-state index is 2.51. The van der Waals surface area contributed by atoms with E-state index in [9.17, 15) is 0 Å². The molecule has 0 spiro atoms. The van der Waals surface area contributed by atoms with Gasteiger partial charge in [0.1, 0.15) is 0 Å². The number of rotatable bonds is 4. The summed E-state index contributed by atoms with van der Waals surface area (Å²) in [6.45, 7) is 0. The zero-order chi connectivity index (χ0) is 32.8. The van der Waals surface area contributed by atoms with E-state index in [-0.39, 0.29) is 0 Å². The summed E-state index contributed by atoms with van der Waals surface area (Å²) in [5, 5.41) is 10.3. The number of nitrogens with zero attached hydrogens (tertiary/aromatic N) is 2. The second-order valence-corrected chi connectivity index (χ2v) is 13.3. The molecule has 2 heterocycles. The first kappa shape index (κ1) is 27.3. The van der Waals surface area contributed by atoms with Gasteiger partial charge in [0.25, 0.3) is 0 Å². The predicted molar refractivity (Wildman–Crippen MR) is 212 cm³/mol. The number of benzene rings is 8. The topological polar surface area (TPSA) is 9.86 Å². The van der Waals surface area contributed by atoms with Crippen molar-refractivity contribution in [1.82, 2.24) is 9.13 Å². The molecule has 0 aliphatic heterocycles. The average Bonchev–Trinajstić information content (AvgIpc) is 3.71. The van der Waals surface area contributed by atoms with Gasteiger partial charge in [0, 0.05) is 32.9 Å². The van der Waals surface area contributed by atoms with Crippen molar-refractivity contribution in [1.29, 1.82) is 0 Å². The van der Waals surface area contributed by atoms with Crippen LogP contribution in [0.25, 0.3) is 98.8 Å². The van der Waals surface area contributed by atoms with Crippen molar-refractivity contribution in [2.45, 2.75) is 0 Å². The van der Waals surface area contributed by atoms with Gasteiger partial charge in [0.2, 0.25) is 0 Å². The van der Waals surface area contributed by atoms with E-state index in [1.165, 1.54) is 93.1 Å². The summed E-state index contributed by atoms with van der Waals surface area (Å²) in [6.07, 6.45) is 0. The molecule has 11 aromatic rings. The Morgan fingerprint density at radius 2 is 0.640 bits per heavy atom. The highest BCUT2D eigenvalue weighted by Gasteiger charge is 2.24. The zero-order valence-corrected chi connectivity index (χ0v) is 27.2. The van der Waals surface area contributed by atoms with Gasteiger partial charge in [-0.3, -0.25) is 0 Å². The fraction of sp³-hybridized carbons (Fsp3) is 0. The highest BCUT2D eigenvalue weighted by Crippen LogP contribution is 2.48. The minimum atomic E-state index is 1.15. The molecule has 2 nitrogen and oxygen atoms in total. The van der Waals surface area contributed by atoms with E-state index in [0.29, 0.717) is 0 Å². The largest absolute Gasteiger partial charge is 0.309 e. The first-order valence-corrected chi connectivity index (χ1v) is 17.3. The standard InChI is InChI=1S/C48H30N2/c1-4-14-31(15-5-1)33-28-34(32-16-6-2-7-17-32)30-36(29-33)50-42-25-13-23-40-38-21-11-10-20-37(38)39-22-12-24-41-45(39)47-43(26-27-44(50)48(47)46(40)42)49(41)35-18-8-3-9-19-35/h1-30H. The van der Waals surface area contributed by atoms with Crippen LogP contribution in [0.4, 0.5) is 0 Å². The Morgan fingerprint density at radius 1 is 0.240 bits per heavy atom. The summed E-state index contributed by atoms with van der Waals surface area (Å²) in [5.41, 5.74) is 12.0. The monoisotopic (exact) mass is 634 g/mol. The Morgan fingerprint density at radius 3 is 1.14 bits per heavy atom.